The highest BCUT2D eigenvalue weighted by Crippen LogP contribution is 2.26. The molecule has 5 nitrogen and oxygen atoms in total. The minimum Gasteiger partial charge on any atom is -0.477 e. The van der Waals surface area contributed by atoms with Crippen LogP contribution in [0.15, 0.2) is 52.5 Å². The number of pyridine rings is 1. The summed E-state index contributed by atoms with van der Waals surface area (Å²) in [6.45, 7) is 1.81. The summed E-state index contributed by atoms with van der Waals surface area (Å²) in [6, 6.07) is 11.7. The fourth-order valence-electron chi connectivity index (χ4n) is 2.78. The molecule has 0 aliphatic carbocycles. The van der Waals surface area contributed by atoms with Crippen LogP contribution in [0.5, 0.6) is 0 Å². The van der Waals surface area contributed by atoms with Gasteiger partial charge in [-0.1, -0.05) is 24.3 Å². The molecule has 0 fully saturated rings. The molecule has 4 rings (SSSR count). The summed E-state index contributed by atoms with van der Waals surface area (Å²) in [7, 11) is 0. The molecule has 0 spiro atoms. The van der Waals surface area contributed by atoms with Gasteiger partial charge in [0.1, 0.15) is 22.5 Å². The molecule has 0 aliphatic heterocycles. The second kappa shape index (κ2) is 6.14. The first-order valence-electron chi connectivity index (χ1n) is 7.72. The van der Waals surface area contributed by atoms with Gasteiger partial charge >= 0.3 is 5.97 Å². The third-order valence-electron chi connectivity index (χ3n) is 4.01. The Bertz CT molecular complexity index is 1060. The van der Waals surface area contributed by atoms with Gasteiger partial charge in [-0.25, -0.2) is 14.8 Å². The summed E-state index contributed by atoms with van der Waals surface area (Å²) >= 11 is 1.45. The Labute approximate surface area is 147 Å². The molecule has 0 atom stereocenters. The predicted octanol–water partition coefficient (Wildman–Crippen LogP) is 4.55. The molecular formula is C19H14N2O3S. The Hall–Kier alpha value is -2.99. The van der Waals surface area contributed by atoms with Crippen LogP contribution in [0.2, 0.25) is 0 Å². The third-order valence-corrected chi connectivity index (χ3v) is 4.81. The summed E-state index contributed by atoms with van der Waals surface area (Å²) in [4.78, 5) is 20.6. The van der Waals surface area contributed by atoms with Gasteiger partial charge in [0.15, 0.2) is 5.89 Å². The Morgan fingerprint density at radius 1 is 1.20 bits per heavy atom. The summed E-state index contributed by atoms with van der Waals surface area (Å²) in [5.74, 6) is -0.370. The van der Waals surface area contributed by atoms with Crippen LogP contribution < -0.4 is 0 Å². The van der Waals surface area contributed by atoms with E-state index in [0.29, 0.717) is 12.3 Å². The van der Waals surface area contributed by atoms with Gasteiger partial charge in [0.05, 0.1) is 0 Å². The van der Waals surface area contributed by atoms with Crippen LogP contribution in [-0.4, -0.2) is 21.0 Å². The molecule has 0 radical (unpaired) electrons. The second-order valence-corrected chi connectivity index (χ2v) is 6.63. The largest absolute Gasteiger partial charge is 0.477 e. The van der Waals surface area contributed by atoms with E-state index in [4.69, 9.17) is 4.42 Å². The van der Waals surface area contributed by atoms with Crippen LogP contribution in [-0.2, 0) is 6.42 Å². The highest BCUT2D eigenvalue weighted by molar-refractivity contribution is 7.16. The first kappa shape index (κ1) is 15.5. The van der Waals surface area contributed by atoms with Crippen molar-refractivity contribution in [3.63, 3.8) is 0 Å². The molecule has 1 N–H and O–H groups in total. The number of thiophene rings is 1. The Kier molecular flexibility index (Phi) is 3.82. The van der Waals surface area contributed by atoms with Crippen LogP contribution in [0.3, 0.4) is 0 Å². The smallest absolute Gasteiger partial charge is 0.354 e. The number of nitrogens with zero attached hydrogens (tertiary/aromatic N) is 2. The van der Waals surface area contributed by atoms with Crippen molar-refractivity contribution in [3.8, 4) is 11.3 Å². The van der Waals surface area contributed by atoms with Crippen molar-refractivity contribution in [3.05, 3.63) is 70.8 Å². The number of aromatic carboxylic acids is 1. The van der Waals surface area contributed by atoms with E-state index in [1.807, 2.05) is 42.6 Å². The molecule has 0 saturated heterocycles. The predicted molar refractivity (Wildman–Crippen MR) is 96.1 cm³/mol. The molecule has 0 bridgehead atoms. The third kappa shape index (κ3) is 3.04. The lowest BCUT2D eigenvalue weighted by atomic mass is 10.0. The summed E-state index contributed by atoms with van der Waals surface area (Å²) in [6.07, 6.45) is 2.29. The van der Waals surface area contributed by atoms with Crippen LogP contribution in [0, 0.1) is 6.92 Å². The van der Waals surface area contributed by atoms with Gasteiger partial charge < -0.3 is 9.52 Å². The number of rotatable bonds is 4. The molecule has 0 aliphatic rings. The van der Waals surface area contributed by atoms with Crippen LogP contribution in [0.4, 0.5) is 0 Å². The van der Waals surface area contributed by atoms with E-state index in [1.165, 1.54) is 11.3 Å². The maximum atomic E-state index is 11.3. The van der Waals surface area contributed by atoms with Crippen LogP contribution in [0.1, 0.15) is 27.5 Å². The number of carboxylic acids is 1. The fourth-order valence-corrected chi connectivity index (χ4v) is 3.59. The van der Waals surface area contributed by atoms with E-state index in [2.05, 4.69) is 9.97 Å². The van der Waals surface area contributed by atoms with E-state index in [1.54, 1.807) is 12.3 Å². The summed E-state index contributed by atoms with van der Waals surface area (Å²) < 4.78 is 5.25. The Balaban J connectivity index is 1.67. The number of fused-ring (bicyclic) bond motifs is 1. The summed E-state index contributed by atoms with van der Waals surface area (Å²) in [5.41, 5.74) is 3.94. The first-order valence-corrected chi connectivity index (χ1v) is 8.60. The van der Waals surface area contributed by atoms with Crippen molar-refractivity contribution >= 4 is 27.5 Å². The number of carbonyl (C=O) groups is 1. The van der Waals surface area contributed by atoms with Gasteiger partial charge in [-0.3, -0.25) is 0 Å². The molecule has 1 aromatic carbocycles. The number of hydrogen-bond donors (Lipinski definition) is 1. The van der Waals surface area contributed by atoms with Crippen molar-refractivity contribution in [2.75, 3.05) is 0 Å². The maximum absolute atomic E-state index is 11.3. The van der Waals surface area contributed by atoms with Crippen molar-refractivity contribution in [2.45, 2.75) is 13.3 Å². The van der Waals surface area contributed by atoms with E-state index < -0.39 is 5.97 Å². The molecule has 3 aromatic heterocycles. The number of aryl methyl sites for hydroxylation is 1. The lowest BCUT2D eigenvalue weighted by molar-refractivity contribution is 0.0691. The zero-order valence-corrected chi connectivity index (χ0v) is 14.2. The topological polar surface area (TPSA) is 76.2 Å². The van der Waals surface area contributed by atoms with Gasteiger partial charge in [0.25, 0.3) is 0 Å². The Morgan fingerprint density at radius 2 is 2.00 bits per heavy atom. The van der Waals surface area contributed by atoms with Crippen LogP contribution >= 0.6 is 11.3 Å². The minimum absolute atomic E-state index is 0.0830. The summed E-state index contributed by atoms with van der Waals surface area (Å²) in [5, 5.41) is 12.2. The van der Waals surface area contributed by atoms with E-state index in [9.17, 15) is 9.90 Å². The number of oxazole rings is 1. The zero-order valence-electron chi connectivity index (χ0n) is 13.4. The van der Waals surface area contributed by atoms with Crippen molar-refractivity contribution in [1.82, 2.24) is 9.97 Å². The second-order valence-electron chi connectivity index (χ2n) is 5.74. The van der Waals surface area contributed by atoms with Gasteiger partial charge in [-0.15, -0.1) is 11.3 Å². The van der Waals surface area contributed by atoms with Gasteiger partial charge in [-0.05, 0) is 35.1 Å². The fraction of sp³-hybridized carbons (Fsp3) is 0.105. The Morgan fingerprint density at radius 3 is 2.68 bits per heavy atom. The standard InChI is InChI=1S/C19H14N2O3S/c1-11-20-17(10-24-11)13-4-2-12(3-5-13)8-14-9-16(19(22)23)21-18-15(14)6-7-25-18/h2-7,9-10H,8H2,1H3,(H,22,23). The maximum Gasteiger partial charge on any atom is 0.354 e. The molecule has 0 amide bonds. The quantitative estimate of drug-likeness (QED) is 0.584. The lowest BCUT2D eigenvalue weighted by Gasteiger charge is -2.06. The lowest BCUT2D eigenvalue weighted by Crippen LogP contribution is -2.02. The number of aromatic nitrogens is 2. The molecule has 6 heteroatoms. The van der Waals surface area contributed by atoms with Gasteiger partial charge in [-0.2, -0.15) is 0 Å². The highest BCUT2D eigenvalue weighted by atomic mass is 32.1. The molecule has 0 unspecified atom stereocenters. The first-order chi connectivity index (χ1) is 12.1. The molecule has 124 valence electrons. The van der Waals surface area contributed by atoms with Gasteiger partial charge in [0, 0.05) is 17.9 Å². The number of benzene rings is 1. The van der Waals surface area contributed by atoms with Crippen molar-refractivity contribution in [2.24, 2.45) is 0 Å². The van der Waals surface area contributed by atoms with E-state index >= 15 is 0 Å². The normalized spacial score (nSPS) is 11.1. The molecule has 0 saturated carbocycles. The van der Waals surface area contributed by atoms with E-state index in [0.717, 1.165) is 32.6 Å². The minimum atomic E-state index is -1.01. The number of hydrogen-bond acceptors (Lipinski definition) is 5. The highest BCUT2D eigenvalue weighted by Gasteiger charge is 2.12. The average molecular weight is 350 g/mol. The molecule has 3 heterocycles. The molecular weight excluding hydrogens is 336 g/mol. The monoisotopic (exact) mass is 350 g/mol. The van der Waals surface area contributed by atoms with Gasteiger partial charge in [0.2, 0.25) is 0 Å². The molecule has 25 heavy (non-hydrogen) atoms. The molecule has 4 aromatic rings. The number of carboxylic acid groups (broad SMARTS) is 1. The van der Waals surface area contributed by atoms with Crippen molar-refractivity contribution in [1.29, 1.82) is 0 Å². The SMILES string of the molecule is Cc1nc(-c2ccc(Cc3cc(C(=O)O)nc4sccc34)cc2)co1. The van der Waals surface area contributed by atoms with E-state index in [-0.39, 0.29) is 5.69 Å². The van der Waals surface area contributed by atoms with Crippen molar-refractivity contribution < 1.29 is 14.3 Å². The average Bonchev–Trinajstić information content (AvgIpc) is 3.24. The van der Waals surface area contributed by atoms with Crippen LogP contribution in [0.25, 0.3) is 21.5 Å². The zero-order chi connectivity index (χ0) is 17.4.